The number of fused-ring (bicyclic) bond motifs is 1. The lowest BCUT2D eigenvalue weighted by Gasteiger charge is -2.07. The third kappa shape index (κ3) is 3.26. The van der Waals surface area contributed by atoms with E-state index in [1.165, 1.54) is 5.56 Å². The van der Waals surface area contributed by atoms with Crippen LogP contribution in [0, 0.1) is 0 Å². The van der Waals surface area contributed by atoms with Crippen LogP contribution in [0.4, 0.5) is 0 Å². The average molecular weight is 302 g/mol. The molecule has 1 N–H and O–H groups in total. The Morgan fingerprint density at radius 1 is 1.05 bits per heavy atom. The highest BCUT2D eigenvalue weighted by Gasteiger charge is 2.14. The van der Waals surface area contributed by atoms with Gasteiger partial charge in [0.05, 0.1) is 13.2 Å². The minimum atomic E-state index is -0.0638. The van der Waals surface area contributed by atoms with Crippen molar-refractivity contribution < 1.29 is 9.53 Å². The Balaban J connectivity index is 1.63. The first kappa shape index (κ1) is 14.1. The van der Waals surface area contributed by atoms with E-state index in [9.17, 15) is 4.79 Å². The molecule has 0 bridgehead atoms. The molecular formula is C17H16ClNO2. The highest BCUT2D eigenvalue weighted by Crippen LogP contribution is 2.20. The van der Waals surface area contributed by atoms with Gasteiger partial charge in [-0.2, -0.15) is 0 Å². The van der Waals surface area contributed by atoms with E-state index in [1.807, 2.05) is 42.5 Å². The summed E-state index contributed by atoms with van der Waals surface area (Å²) in [5, 5.41) is 2.93. The van der Waals surface area contributed by atoms with E-state index in [-0.39, 0.29) is 5.91 Å². The molecule has 0 fully saturated rings. The number of amides is 1. The first-order chi connectivity index (χ1) is 10.3. The fourth-order valence-corrected chi connectivity index (χ4v) is 2.52. The molecule has 1 amide bonds. The fraction of sp³-hybridized carbons (Fsp3) is 0.235. The number of hydrogen-bond donors (Lipinski definition) is 1. The highest BCUT2D eigenvalue weighted by molar-refractivity contribution is 6.17. The summed E-state index contributed by atoms with van der Waals surface area (Å²) in [6.45, 7) is 1.75. The zero-order valence-corrected chi connectivity index (χ0v) is 12.3. The zero-order chi connectivity index (χ0) is 14.7. The Kier molecular flexibility index (Phi) is 4.23. The van der Waals surface area contributed by atoms with Gasteiger partial charge in [-0.1, -0.05) is 30.3 Å². The predicted octanol–water partition coefficient (Wildman–Crippen LogP) is 3.39. The molecule has 3 rings (SSSR count). The molecule has 0 aromatic heterocycles. The van der Waals surface area contributed by atoms with Crippen LogP contribution in [0.25, 0.3) is 0 Å². The van der Waals surface area contributed by atoms with E-state index in [0.29, 0.717) is 31.2 Å². The number of benzene rings is 2. The van der Waals surface area contributed by atoms with Crippen molar-refractivity contribution in [3.05, 3.63) is 70.3 Å². The lowest BCUT2D eigenvalue weighted by atomic mass is 10.1. The second kappa shape index (κ2) is 6.29. The van der Waals surface area contributed by atoms with Crippen molar-refractivity contribution in [3.63, 3.8) is 0 Å². The van der Waals surface area contributed by atoms with Crippen LogP contribution in [0.15, 0.2) is 42.5 Å². The largest absolute Gasteiger partial charge is 0.372 e. The number of halogens is 1. The molecule has 0 atom stereocenters. The van der Waals surface area contributed by atoms with Crippen molar-refractivity contribution in [1.82, 2.24) is 5.32 Å². The molecule has 21 heavy (non-hydrogen) atoms. The van der Waals surface area contributed by atoms with Crippen LogP contribution in [-0.4, -0.2) is 5.91 Å². The van der Waals surface area contributed by atoms with Crippen LogP contribution >= 0.6 is 11.6 Å². The number of alkyl halides is 1. The first-order valence-corrected chi connectivity index (χ1v) is 7.41. The van der Waals surface area contributed by atoms with Gasteiger partial charge < -0.3 is 10.1 Å². The molecular weight excluding hydrogens is 286 g/mol. The maximum Gasteiger partial charge on any atom is 0.251 e. The van der Waals surface area contributed by atoms with Gasteiger partial charge in [-0.05, 0) is 34.4 Å². The van der Waals surface area contributed by atoms with E-state index >= 15 is 0 Å². The van der Waals surface area contributed by atoms with Gasteiger partial charge in [-0.3, -0.25) is 4.79 Å². The summed E-state index contributed by atoms with van der Waals surface area (Å²) in [7, 11) is 0. The number of nitrogens with one attached hydrogen (secondary N) is 1. The molecule has 0 saturated carbocycles. The summed E-state index contributed by atoms with van der Waals surface area (Å²) < 4.78 is 5.36. The van der Waals surface area contributed by atoms with Gasteiger partial charge in [0.1, 0.15) is 0 Å². The molecule has 0 radical (unpaired) electrons. The Hall–Kier alpha value is -1.84. The van der Waals surface area contributed by atoms with Crippen LogP contribution in [-0.2, 0) is 30.4 Å². The van der Waals surface area contributed by atoms with Crippen LogP contribution in [0.2, 0.25) is 0 Å². The van der Waals surface area contributed by atoms with E-state index in [4.69, 9.17) is 16.3 Å². The molecule has 2 aromatic rings. The molecule has 0 spiro atoms. The van der Waals surface area contributed by atoms with Gasteiger partial charge in [0.2, 0.25) is 0 Å². The van der Waals surface area contributed by atoms with Crippen molar-refractivity contribution in [3.8, 4) is 0 Å². The summed E-state index contributed by atoms with van der Waals surface area (Å²) in [4.78, 5) is 12.2. The van der Waals surface area contributed by atoms with Crippen LogP contribution in [0.1, 0.15) is 32.6 Å². The maximum atomic E-state index is 12.2. The van der Waals surface area contributed by atoms with Crippen LogP contribution in [0.3, 0.4) is 0 Å². The van der Waals surface area contributed by atoms with E-state index < -0.39 is 0 Å². The minimum Gasteiger partial charge on any atom is -0.372 e. The van der Waals surface area contributed by atoms with Gasteiger partial charge >= 0.3 is 0 Å². The van der Waals surface area contributed by atoms with E-state index in [2.05, 4.69) is 5.32 Å². The number of carbonyl (C=O) groups excluding carboxylic acids is 1. The van der Waals surface area contributed by atoms with Gasteiger partial charge in [0.25, 0.3) is 5.91 Å². The SMILES string of the molecule is O=C(NCc1ccc(CCl)cc1)c1ccc2c(c1)COC2. The third-order valence-corrected chi connectivity index (χ3v) is 3.92. The molecule has 0 aliphatic carbocycles. The second-order valence-electron chi connectivity index (χ2n) is 5.11. The molecule has 1 heterocycles. The number of carbonyl (C=O) groups is 1. The van der Waals surface area contributed by atoms with Crippen molar-refractivity contribution in [2.45, 2.75) is 25.6 Å². The summed E-state index contributed by atoms with van der Waals surface area (Å²) >= 11 is 5.75. The lowest BCUT2D eigenvalue weighted by Crippen LogP contribution is -2.22. The Bertz CT molecular complexity index is 652. The van der Waals surface area contributed by atoms with E-state index in [1.54, 1.807) is 0 Å². The number of hydrogen-bond acceptors (Lipinski definition) is 2. The first-order valence-electron chi connectivity index (χ1n) is 6.88. The Labute approximate surface area is 128 Å². The predicted molar refractivity (Wildman–Crippen MR) is 82.1 cm³/mol. The maximum absolute atomic E-state index is 12.2. The molecule has 4 heteroatoms. The summed E-state index contributed by atoms with van der Waals surface area (Å²) in [5.74, 6) is 0.440. The van der Waals surface area contributed by atoms with Gasteiger partial charge in [0, 0.05) is 18.0 Å². The van der Waals surface area contributed by atoms with Crippen molar-refractivity contribution in [2.24, 2.45) is 0 Å². The lowest BCUT2D eigenvalue weighted by molar-refractivity contribution is 0.0950. The summed E-state index contributed by atoms with van der Waals surface area (Å²) in [6.07, 6.45) is 0. The highest BCUT2D eigenvalue weighted by atomic mass is 35.5. The normalized spacial score (nSPS) is 13.0. The molecule has 108 valence electrons. The standard InChI is InChI=1S/C17H16ClNO2/c18-8-12-1-3-13(4-2-12)9-19-17(20)14-5-6-15-10-21-11-16(15)7-14/h1-7H,8-11H2,(H,19,20). The van der Waals surface area contributed by atoms with E-state index in [0.717, 1.165) is 16.7 Å². The molecule has 0 saturated heterocycles. The summed E-state index contributed by atoms with van der Waals surface area (Å²) in [5.41, 5.74) is 5.08. The smallest absolute Gasteiger partial charge is 0.251 e. The van der Waals surface area contributed by atoms with Crippen molar-refractivity contribution in [2.75, 3.05) is 0 Å². The monoisotopic (exact) mass is 301 g/mol. The molecule has 0 unspecified atom stereocenters. The number of ether oxygens (including phenoxy) is 1. The zero-order valence-electron chi connectivity index (χ0n) is 11.6. The van der Waals surface area contributed by atoms with Gasteiger partial charge in [-0.25, -0.2) is 0 Å². The average Bonchev–Trinajstić information content (AvgIpc) is 3.00. The number of rotatable bonds is 4. The minimum absolute atomic E-state index is 0.0638. The molecule has 2 aromatic carbocycles. The third-order valence-electron chi connectivity index (χ3n) is 3.61. The summed E-state index contributed by atoms with van der Waals surface area (Å²) in [6, 6.07) is 13.6. The van der Waals surface area contributed by atoms with Crippen LogP contribution in [0.5, 0.6) is 0 Å². The fourth-order valence-electron chi connectivity index (χ4n) is 2.34. The topological polar surface area (TPSA) is 38.3 Å². The molecule has 3 nitrogen and oxygen atoms in total. The van der Waals surface area contributed by atoms with Crippen molar-refractivity contribution >= 4 is 17.5 Å². The van der Waals surface area contributed by atoms with Crippen LogP contribution < -0.4 is 5.32 Å². The molecule has 1 aliphatic heterocycles. The van der Waals surface area contributed by atoms with Gasteiger partial charge in [-0.15, -0.1) is 11.6 Å². The quantitative estimate of drug-likeness (QED) is 0.879. The van der Waals surface area contributed by atoms with Gasteiger partial charge in [0.15, 0.2) is 0 Å². The Morgan fingerprint density at radius 3 is 2.52 bits per heavy atom. The second-order valence-corrected chi connectivity index (χ2v) is 5.38. The van der Waals surface area contributed by atoms with Crippen molar-refractivity contribution in [1.29, 1.82) is 0 Å². The Morgan fingerprint density at radius 2 is 1.76 bits per heavy atom. The molecule has 1 aliphatic rings.